The number of hydrogen-bond donors (Lipinski definition) is 2. The maximum absolute atomic E-state index is 12.8. The second-order valence-corrected chi connectivity index (χ2v) is 16.4. The normalized spacial score (nSPS) is 23.8. The molecule has 0 aliphatic carbocycles. The molecule has 0 aromatic carbocycles. The van der Waals surface area contributed by atoms with Gasteiger partial charge >= 0.3 is 11.7 Å². The molecular weight excluding hydrogens is 454 g/mol. The fraction of sp³-hybridized carbons (Fsp3) is 0.792. The number of rotatable bonds is 8. The summed E-state index contributed by atoms with van der Waals surface area (Å²) in [5.74, 6) is -0.337. The zero-order valence-electron chi connectivity index (χ0n) is 22.4. The zero-order chi connectivity index (χ0) is 26.1. The van der Waals surface area contributed by atoms with E-state index in [1.54, 1.807) is 20.8 Å². The van der Waals surface area contributed by atoms with E-state index in [9.17, 15) is 14.4 Å². The smallest absolute Gasteiger partial charge is 0.330 e. The second-order valence-electron chi connectivity index (χ2n) is 11.7. The highest BCUT2D eigenvalue weighted by Gasteiger charge is 2.48. The number of ether oxygens (including phenoxy) is 2. The van der Waals surface area contributed by atoms with Crippen LogP contribution in [0.2, 0.25) is 18.1 Å². The first-order valence-corrected chi connectivity index (χ1v) is 15.0. The third-order valence-electron chi connectivity index (χ3n) is 6.66. The van der Waals surface area contributed by atoms with Crippen LogP contribution in [0, 0.1) is 5.92 Å². The number of hydrogen-bond acceptors (Lipinski definition) is 7. The van der Waals surface area contributed by atoms with Crippen molar-refractivity contribution in [3.63, 3.8) is 0 Å². The van der Waals surface area contributed by atoms with Gasteiger partial charge in [0.05, 0.1) is 18.8 Å². The molecule has 2 N–H and O–H groups in total. The van der Waals surface area contributed by atoms with Crippen LogP contribution in [0.25, 0.3) is 0 Å². The second kappa shape index (κ2) is 10.5. The minimum Gasteiger partial charge on any atom is -0.459 e. The van der Waals surface area contributed by atoms with E-state index >= 15 is 0 Å². The van der Waals surface area contributed by atoms with Crippen molar-refractivity contribution >= 4 is 14.3 Å². The van der Waals surface area contributed by atoms with E-state index in [1.807, 2.05) is 0 Å². The van der Waals surface area contributed by atoms with Crippen LogP contribution in [-0.4, -0.2) is 48.2 Å². The van der Waals surface area contributed by atoms with Crippen LogP contribution in [0.5, 0.6) is 0 Å². The Hall–Kier alpha value is -1.75. The molecule has 0 amide bonds. The lowest BCUT2D eigenvalue weighted by Crippen LogP contribution is -2.48. The summed E-state index contributed by atoms with van der Waals surface area (Å²) in [6.07, 6.45) is 1.27. The van der Waals surface area contributed by atoms with Gasteiger partial charge in [0.2, 0.25) is 0 Å². The molecule has 1 saturated heterocycles. The van der Waals surface area contributed by atoms with Crippen molar-refractivity contribution in [1.82, 2.24) is 14.9 Å². The first kappa shape index (κ1) is 28.5. The minimum atomic E-state index is -2.16. The molecule has 34 heavy (non-hydrogen) atoms. The van der Waals surface area contributed by atoms with Gasteiger partial charge in [0, 0.05) is 24.2 Å². The van der Waals surface area contributed by atoms with Crippen LogP contribution in [0.15, 0.2) is 15.8 Å². The van der Waals surface area contributed by atoms with E-state index in [4.69, 9.17) is 13.9 Å². The number of nitrogens with one attached hydrogen (secondary N) is 2. The Morgan fingerprint density at radius 2 is 1.82 bits per heavy atom. The lowest BCUT2D eigenvalue weighted by molar-refractivity contribution is -0.153. The number of esters is 1. The van der Waals surface area contributed by atoms with Crippen LogP contribution in [0.3, 0.4) is 0 Å². The van der Waals surface area contributed by atoms with Crippen molar-refractivity contribution in [3.8, 4) is 0 Å². The molecule has 0 saturated carbocycles. The van der Waals surface area contributed by atoms with Gasteiger partial charge in [-0.15, -0.1) is 0 Å². The quantitative estimate of drug-likeness (QED) is 0.419. The molecular formula is C24H43N3O6Si. The number of aromatic amines is 1. The number of aromatic nitrogens is 2. The summed E-state index contributed by atoms with van der Waals surface area (Å²) in [6, 6.07) is 0. The summed E-state index contributed by atoms with van der Waals surface area (Å²) in [7, 11) is -2.16. The molecule has 194 valence electrons. The molecule has 1 aromatic rings. The van der Waals surface area contributed by atoms with Gasteiger partial charge in [-0.3, -0.25) is 19.1 Å². The average molecular weight is 498 g/mol. The van der Waals surface area contributed by atoms with Crippen molar-refractivity contribution in [2.75, 3.05) is 6.54 Å². The summed E-state index contributed by atoms with van der Waals surface area (Å²) in [5.41, 5.74) is -1.31. The van der Waals surface area contributed by atoms with Gasteiger partial charge in [-0.2, -0.15) is 0 Å². The molecule has 1 fully saturated rings. The van der Waals surface area contributed by atoms with E-state index < -0.39 is 37.4 Å². The third kappa shape index (κ3) is 6.90. The Kier molecular flexibility index (Phi) is 8.77. The van der Waals surface area contributed by atoms with E-state index in [0.717, 1.165) is 6.42 Å². The molecule has 1 aliphatic heterocycles. The Balaban J connectivity index is 2.30. The fourth-order valence-electron chi connectivity index (χ4n) is 3.74. The molecule has 4 atom stereocenters. The Bertz CT molecular complexity index is 973. The maximum atomic E-state index is 12.8. The number of H-pyrrole nitrogens is 1. The molecule has 1 aliphatic rings. The van der Waals surface area contributed by atoms with Gasteiger partial charge in [0.1, 0.15) is 5.60 Å². The number of carbonyl (C=O) groups is 1. The highest BCUT2D eigenvalue weighted by molar-refractivity contribution is 6.74. The topological polar surface area (TPSA) is 112 Å². The number of carbonyl (C=O) groups excluding carboxylic acids is 1. The summed E-state index contributed by atoms with van der Waals surface area (Å²) in [4.78, 5) is 39.6. The van der Waals surface area contributed by atoms with Gasteiger partial charge in [0.15, 0.2) is 14.5 Å². The SMILES string of the molecule is CC[C@H]1O[C@@H](n2cc(CNCC(=O)OC(C)(C)C)c(=O)[nH]c2=O)C(O[Si](C)(C)C(C)(C)C)[C@H]1C. The van der Waals surface area contributed by atoms with Gasteiger partial charge in [-0.25, -0.2) is 4.79 Å². The van der Waals surface area contributed by atoms with Gasteiger partial charge in [-0.05, 0) is 45.3 Å². The average Bonchev–Trinajstić information content (AvgIpc) is 2.96. The summed E-state index contributed by atoms with van der Waals surface area (Å²) < 4.78 is 19.7. The van der Waals surface area contributed by atoms with E-state index in [2.05, 4.69) is 58.0 Å². The first-order valence-electron chi connectivity index (χ1n) is 12.1. The molecule has 0 bridgehead atoms. The Morgan fingerprint density at radius 3 is 2.35 bits per heavy atom. The lowest BCUT2D eigenvalue weighted by Gasteiger charge is -2.40. The molecule has 1 aromatic heterocycles. The molecule has 0 spiro atoms. The lowest BCUT2D eigenvalue weighted by atomic mass is 9.99. The van der Waals surface area contributed by atoms with Crippen LogP contribution in [0.4, 0.5) is 0 Å². The minimum absolute atomic E-state index is 0.00568. The van der Waals surface area contributed by atoms with Gasteiger partial charge < -0.3 is 19.2 Å². The van der Waals surface area contributed by atoms with Crippen molar-refractivity contribution in [1.29, 1.82) is 0 Å². The van der Waals surface area contributed by atoms with Gasteiger partial charge in [0.25, 0.3) is 5.56 Å². The van der Waals surface area contributed by atoms with Crippen LogP contribution in [-0.2, 0) is 25.2 Å². The first-order chi connectivity index (χ1) is 15.5. The van der Waals surface area contributed by atoms with E-state index in [1.165, 1.54) is 10.8 Å². The highest BCUT2D eigenvalue weighted by Crippen LogP contribution is 2.43. The molecule has 2 heterocycles. The van der Waals surface area contributed by atoms with E-state index in [0.29, 0.717) is 5.56 Å². The van der Waals surface area contributed by atoms with Crippen molar-refractivity contribution < 1.29 is 18.7 Å². The van der Waals surface area contributed by atoms with E-state index in [-0.39, 0.29) is 36.3 Å². The third-order valence-corrected chi connectivity index (χ3v) is 11.1. The van der Waals surface area contributed by atoms with Crippen molar-refractivity contribution in [2.45, 2.75) is 111 Å². The highest BCUT2D eigenvalue weighted by atomic mass is 28.4. The van der Waals surface area contributed by atoms with Crippen LogP contribution >= 0.6 is 0 Å². The summed E-state index contributed by atoms with van der Waals surface area (Å²) in [6.45, 7) is 20.4. The largest absolute Gasteiger partial charge is 0.459 e. The molecule has 10 heteroatoms. The predicted octanol–water partition coefficient (Wildman–Crippen LogP) is 3.30. The number of nitrogens with zero attached hydrogens (tertiary/aromatic N) is 1. The molecule has 0 radical (unpaired) electrons. The summed E-state index contributed by atoms with van der Waals surface area (Å²) >= 11 is 0. The van der Waals surface area contributed by atoms with Gasteiger partial charge in [-0.1, -0.05) is 34.6 Å². The predicted molar refractivity (Wildman–Crippen MR) is 134 cm³/mol. The van der Waals surface area contributed by atoms with Crippen LogP contribution < -0.4 is 16.6 Å². The molecule has 2 rings (SSSR count). The molecule has 1 unspecified atom stereocenters. The maximum Gasteiger partial charge on any atom is 0.330 e. The Morgan fingerprint density at radius 1 is 1.21 bits per heavy atom. The summed E-state index contributed by atoms with van der Waals surface area (Å²) in [5, 5.41) is 2.92. The standard InChI is InChI=1S/C24H43N3O6Si/c1-11-17-15(2)19(33-34(9,10)24(6,7)8)21(31-17)27-14-16(20(29)26-22(27)30)12-25-13-18(28)32-23(3,4)5/h14-15,17,19,21,25H,11-13H2,1-10H3,(H,26,29,30)/t15-,17+,19?,21+/m0/s1. The monoisotopic (exact) mass is 497 g/mol. The fourth-order valence-corrected chi connectivity index (χ4v) is 5.11. The molecule has 9 nitrogen and oxygen atoms in total. The Labute approximate surface area is 203 Å². The van der Waals surface area contributed by atoms with Crippen molar-refractivity contribution in [3.05, 3.63) is 32.6 Å². The van der Waals surface area contributed by atoms with Crippen molar-refractivity contribution in [2.24, 2.45) is 5.92 Å². The van der Waals surface area contributed by atoms with Crippen LogP contribution in [0.1, 0.15) is 73.6 Å². The zero-order valence-corrected chi connectivity index (χ0v) is 23.4.